The van der Waals surface area contributed by atoms with Crippen LogP contribution in [0, 0.1) is 5.92 Å². The zero-order chi connectivity index (χ0) is 22.1. The molecular formula is C22H25Cl2N3OS2. The molecule has 0 saturated carbocycles. The SMILES string of the molecule is CC(C)C1SC(C)(C)C(NC(=S)Nc2ccc(Cl)cc2)N1C(=O)c1ccc(Cl)cc1. The zero-order valence-corrected chi connectivity index (χ0v) is 20.4. The van der Waals surface area contributed by atoms with E-state index in [1.807, 2.05) is 17.0 Å². The van der Waals surface area contributed by atoms with Gasteiger partial charge in [-0.15, -0.1) is 11.8 Å². The Balaban J connectivity index is 1.86. The van der Waals surface area contributed by atoms with Crippen molar-refractivity contribution >= 4 is 63.9 Å². The molecule has 1 amide bonds. The normalized spacial score (nSPS) is 20.3. The largest absolute Gasteiger partial charge is 0.341 e. The second-order valence-corrected chi connectivity index (χ2v) is 11.1. The van der Waals surface area contributed by atoms with Crippen molar-refractivity contribution in [2.75, 3.05) is 5.32 Å². The van der Waals surface area contributed by atoms with Crippen LogP contribution in [0.3, 0.4) is 0 Å². The van der Waals surface area contributed by atoms with Crippen LogP contribution in [0.15, 0.2) is 48.5 Å². The van der Waals surface area contributed by atoms with Crippen molar-refractivity contribution < 1.29 is 4.79 Å². The molecular weight excluding hydrogens is 457 g/mol. The highest BCUT2D eigenvalue weighted by molar-refractivity contribution is 8.01. The van der Waals surface area contributed by atoms with E-state index in [2.05, 4.69) is 38.3 Å². The van der Waals surface area contributed by atoms with E-state index in [1.165, 1.54) is 0 Å². The monoisotopic (exact) mass is 481 g/mol. The number of nitrogens with zero attached hydrogens (tertiary/aromatic N) is 1. The van der Waals surface area contributed by atoms with Crippen LogP contribution in [0.25, 0.3) is 0 Å². The maximum atomic E-state index is 13.5. The van der Waals surface area contributed by atoms with Crippen molar-refractivity contribution in [3.8, 4) is 0 Å². The lowest BCUT2D eigenvalue weighted by Crippen LogP contribution is -2.57. The standard InChI is InChI=1S/C22H25Cl2N3OS2/c1-13(2)19-27(18(28)14-5-7-15(23)8-6-14)20(22(3,4)30-19)26-21(29)25-17-11-9-16(24)10-12-17/h5-13,19-20H,1-4H3,(H2,25,26,29). The molecule has 1 aliphatic heterocycles. The number of rotatable bonds is 4. The molecule has 0 bridgehead atoms. The molecule has 0 spiro atoms. The summed E-state index contributed by atoms with van der Waals surface area (Å²) in [5.41, 5.74) is 1.43. The van der Waals surface area contributed by atoms with E-state index in [9.17, 15) is 4.79 Å². The Hall–Kier alpha value is -1.47. The molecule has 1 saturated heterocycles. The minimum absolute atomic E-state index is 0.0130. The molecule has 2 unspecified atom stereocenters. The number of amides is 1. The van der Waals surface area contributed by atoms with E-state index in [-0.39, 0.29) is 28.1 Å². The third kappa shape index (κ3) is 5.22. The predicted molar refractivity (Wildman–Crippen MR) is 133 cm³/mol. The van der Waals surface area contributed by atoms with Gasteiger partial charge in [-0.05, 0) is 80.5 Å². The lowest BCUT2D eigenvalue weighted by molar-refractivity contribution is 0.0605. The second kappa shape index (κ2) is 9.35. The number of thioether (sulfide) groups is 1. The average molecular weight is 483 g/mol. The maximum absolute atomic E-state index is 13.5. The molecule has 1 fully saturated rings. The number of hydrogen-bond donors (Lipinski definition) is 2. The van der Waals surface area contributed by atoms with Gasteiger partial charge in [0.15, 0.2) is 5.11 Å². The number of anilines is 1. The van der Waals surface area contributed by atoms with Crippen LogP contribution < -0.4 is 10.6 Å². The van der Waals surface area contributed by atoms with Gasteiger partial charge in [-0.1, -0.05) is 37.0 Å². The van der Waals surface area contributed by atoms with E-state index < -0.39 is 0 Å². The molecule has 160 valence electrons. The lowest BCUT2D eigenvalue weighted by atomic mass is 10.1. The van der Waals surface area contributed by atoms with E-state index in [1.54, 1.807) is 48.2 Å². The van der Waals surface area contributed by atoms with Crippen molar-refractivity contribution in [3.05, 3.63) is 64.1 Å². The Morgan fingerprint density at radius 3 is 2.13 bits per heavy atom. The lowest BCUT2D eigenvalue weighted by Gasteiger charge is -2.35. The average Bonchev–Trinajstić information content (AvgIpc) is 2.94. The fourth-order valence-corrected chi connectivity index (χ4v) is 5.42. The number of carbonyl (C=O) groups is 1. The zero-order valence-electron chi connectivity index (χ0n) is 17.3. The summed E-state index contributed by atoms with van der Waals surface area (Å²) in [4.78, 5) is 15.4. The number of benzene rings is 2. The van der Waals surface area contributed by atoms with Crippen LogP contribution in [-0.2, 0) is 0 Å². The first-order chi connectivity index (χ1) is 14.1. The predicted octanol–water partition coefficient (Wildman–Crippen LogP) is 6.26. The van der Waals surface area contributed by atoms with Gasteiger partial charge in [-0.25, -0.2) is 0 Å². The van der Waals surface area contributed by atoms with Crippen LogP contribution in [0.5, 0.6) is 0 Å². The first-order valence-electron chi connectivity index (χ1n) is 9.67. The molecule has 0 aliphatic carbocycles. The highest BCUT2D eigenvalue weighted by Crippen LogP contribution is 2.46. The highest BCUT2D eigenvalue weighted by Gasteiger charge is 2.50. The summed E-state index contributed by atoms with van der Waals surface area (Å²) in [6, 6.07) is 14.3. The van der Waals surface area contributed by atoms with Crippen molar-refractivity contribution in [1.82, 2.24) is 10.2 Å². The number of carbonyl (C=O) groups excluding carboxylic acids is 1. The summed E-state index contributed by atoms with van der Waals surface area (Å²) in [6.45, 7) is 8.51. The van der Waals surface area contributed by atoms with E-state index in [4.69, 9.17) is 35.4 Å². The summed E-state index contributed by atoms with van der Waals surface area (Å²) in [5, 5.41) is 8.28. The van der Waals surface area contributed by atoms with Gasteiger partial charge in [0, 0.05) is 21.3 Å². The fraction of sp³-hybridized carbons (Fsp3) is 0.364. The van der Waals surface area contributed by atoms with Crippen molar-refractivity contribution in [2.45, 2.75) is 44.0 Å². The molecule has 3 rings (SSSR count). The third-order valence-corrected chi connectivity index (χ3v) is 7.47. The molecule has 30 heavy (non-hydrogen) atoms. The van der Waals surface area contributed by atoms with E-state index in [0.29, 0.717) is 20.7 Å². The summed E-state index contributed by atoms with van der Waals surface area (Å²) in [5.74, 6) is 0.227. The summed E-state index contributed by atoms with van der Waals surface area (Å²) >= 11 is 19.3. The quantitative estimate of drug-likeness (QED) is 0.504. The Kier molecular flexibility index (Phi) is 7.23. The fourth-order valence-electron chi connectivity index (χ4n) is 3.41. The number of hydrogen-bond acceptors (Lipinski definition) is 3. The summed E-state index contributed by atoms with van der Waals surface area (Å²) in [6.07, 6.45) is -0.287. The van der Waals surface area contributed by atoms with Gasteiger partial charge in [-0.3, -0.25) is 4.79 Å². The Labute approximate surface area is 197 Å². The molecule has 2 aromatic rings. The Bertz CT molecular complexity index is 917. The maximum Gasteiger partial charge on any atom is 0.256 e. The second-order valence-electron chi connectivity index (χ2n) is 8.08. The van der Waals surface area contributed by atoms with E-state index in [0.717, 1.165) is 5.69 Å². The molecule has 1 heterocycles. The van der Waals surface area contributed by atoms with Crippen LogP contribution in [0.2, 0.25) is 10.0 Å². The first-order valence-corrected chi connectivity index (χ1v) is 11.7. The van der Waals surface area contributed by atoms with Gasteiger partial charge < -0.3 is 15.5 Å². The van der Waals surface area contributed by atoms with Gasteiger partial charge >= 0.3 is 0 Å². The summed E-state index contributed by atoms with van der Waals surface area (Å²) < 4.78 is -0.247. The number of thiocarbonyl (C=S) groups is 1. The van der Waals surface area contributed by atoms with Gasteiger partial charge in [0.05, 0.1) is 10.1 Å². The summed E-state index contributed by atoms with van der Waals surface area (Å²) in [7, 11) is 0. The third-order valence-electron chi connectivity index (χ3n) is 4.90. The van der Waals surface area contributed by atoms with Gasteiger partial charge in [0.1, 0.15) is 6.17 Å². The smallest absolute Gasteiger partial charge is 0.256 e. The Morgan fingerprint density at radius 1 is 1.07 bits per heavy atom. The molecule has 2 N–H and O–H groups in total. The molecule has 4 nitrogen and oxygen atoms in total. The minimum Gasteiger partial charge on any atom is -0.341 e. The van der Waals surface area contributed by atoms with Crippen LogP contribution in [0.1, 0.15) is 38.1 Å². The van der Waals surface area contributed by atoms with E-state index >= 15 is 0 Å². The van der Waals surface area contributed by atoms with Crippen LogP contribution in [-0.4, -0.2) is 32.2 Å². The van der Waals surface area contributed by atoms with Gasteiger partial charge in [0.25, 0.3) is 5.91 Å². The van der Waals surface area contributed by atoms with Gasteiger partial charge in [0.2, 0.25) is 0 Å². The van der Waals surface area contributed by atoms with Crippen LogP contribution in [0.4, 0.5) is 5.69 Å². The van der Waals surface area contributed by atoms with Crippen molar-refractivity contribution in [3.63, 3.8) is 0 Å². The Morgan fingerprint density at radius 2 is 1.60 bits per heavy atom. The number of halogens is 2. The topological polar surface area (TPSA) is 44.4 Å². The molecule has 2 atom stereocenters. The highest BCUT2D eigenvalue weighted by atomic mass is 35.5. The van der Waals surface area contributed by atoms with Crippen molar-refractivity contribution in [1.29, 1.82) is 0 Å². The molecule has 0 aromatic heterocycles. The van der Waals surface area contributed by atoms with Gasteiger partial charge in [-0.2, -0.15) is 0 Å². The molecule has 1 aliphatic rings. The molecule has 0 radical (unpaired) electrons. The molecule has 2 aromatic carbocycles. The minimum atomic E-state index is -0.287. The molecule has 8 heteroatoms. The van der Waals surface area contributed by atoms with Crippen LogP contribution >= 0.6 is 47.2 Å². The van der Waals surface area contributed by atoms with Crippen molar-refractivity contribution in [2.24, 2.45) is 5.92 Å². The first kappa shape index (κ1) is 23.2. The number of nitrogens with one attached hydrogen (secondary N) is 2.